The van der Waals surface area contributed by atoms with E-state index in [2.05, 4.69) is 21.2 Å². The summed E-state index contributed by atoms with van der Waals surface area (Å²) in [6.45, 7) is 0. The van der Waals surface area contributed by atoms with Gasteiger partial charge >= 0.3 is 0 Å². The van der Waals surface area contributed by atoms with Crippen LogP contribution in [-0.4, -0.2) is 11.7 Å². The Hall–Kier alpha value is -1.53. The smallest absolute Gasteiger partial charge is 0.225 e. The van der Waals surface area contributed by atoms with E-state index in [4.69, 9.17) is 5.73 Å². The molecule has 0 unspecified atom stereocenters. The highest BCUT2D eigenvalue weighted by Crippen LogP contribution is 2.27. The van der Waals surface area contributed by atoms with Crippen LogP contribution in [0.25, 0.3) is 0 Å². The molecule has 2 aromatic carbocycles. The number of nitrogens with two attached hydrogens (primary N) is 1. The van der Waals surface area contributed by atoms with Crippen LogP contribution < -0.4 is 11.1 Å². The Morgan fingerprint density at radius 1 is 1.29 bits per heavy atom. The fourth-order valence-electron chi connectivity index (χ4n) is 1.68. The maximum Gasteiger partial charge on any atom is 0.225 e. The van der Waals surface area contributed by atoms with Crippen LogP contribution in [0.4, 0.5) is 15.8 Å². The van der Waals surface area contributed by atoms with Gasteiger partial charge in [-0.05, 0) is 46.3 Å². The van der Waals surface area contributed by atoms with Crippen molar-refractivity contribution in [2.24, 2.45) is 0 Å². The standard InChI is InChI=1S/C15H14BrFN2OS/c16-11-3-1-2-4-14(11)21-8-7-15(20)19-13-6-5-10(17)9-12(13)18/h1-6,9H,7-8,18H2,(H,19,20). The minimum atomic E-state index is -0.421. The molecule has 3 nitrogen and oxygen atoms in total. The highest BCUT2D eigenvalue weighted by atomic mass is 79.9. The molecule has 0 fully saturated rings. The third-order valence-corrected chi connectivity index (χ3v) is 4.74. The summed E-state index contributed by atoms with van der Waals surface area (Å²) in [5.41, 5.74) is 6.30. The average Bonchev–Trinajstić information content (AvgIpc) is 2.44. The van der Waals surface area contributed by atoms with Gasteiger partial charge in [-0.15, -0.1) is 11.8 Å². The molecule has 0 heterocycles. The van der Waals surface area contributed by atoms with Crippen molar-refractivity contribution in [1.82, 2.24) is 0 Å². The van der Waals surface area contributed by atoms with Gasteiger partial charge in [-0.25, -0.2) is 4.39 Å². The first-order chi connectivity index (χ1) is 10.1. The Kier molecular flexibility index (Phi) is 5.64. The van der Waals surface area contributed by atoms with Crippen molar-refractivity contribution in [3.63, 3.8) is 0 Å². The van der Waals surface area contributed by atoms with Gasteiger partial charge in [0.25, 0.3) is 0 Å². The zero-order valence-corrected chi connectivity index (χ0v) is 13.5. The lowest BCUT2D eigenvalue weighted by atomic mass is 10.2. The highest BCUT2D eigenvalue weighted by Gasteiger charge is 2.07. The highest BCUT2D eigenvalue weighted by molar-refractivity contribution is 9.10. The van der Waals surface area contributed by atoms with Gasteiger partial charge < -0.3 is 11.1 Å². The van der Waals surface area contributed by atoms with Gasteiger partial charge in [0.2, 0.25) is 5.91 Å². The van der Waals surface area contributed by atoms with Crippen molar-refractivity contribution in [1.29, 1.82) is 0 Å². The largest absolute Gasteiger partial charge is 0.397 e. The molecule has 0 radical (unpaired) electrons. The minimum Gasteiger partial charge on any atom is -0.397 e. The predicted molar refractivity (Wildman–Crippen MR) is 88.9 cm³/mol. The first-order valence-electron chi connectivity index (χ1n) is 6.28. The number of anilines is 2. The van der Waals surface area contributed by atoms with Gasteiger partial charge in [-0.2, -0.15) is 0 Å². The van der Waals surface area contributed by atoms with Gasteiger partial charge in [0.15, 0.2) is 0 Å². The molecule has 1 amide bonds. The lowest BCUT2D eigenvalue weighted by molar-refractivity contribution is -0.115. The number of amides is 1. The second-order valence-electron chi connectivity index (χ2n) is 4.31. The van der Waals surface area contributed by atoms with Crippen LogP contribution in [-0.2, 0) is 4.79 Å². The van der Waals surface area contributed by atoms with E-state index in [1.807, 2.05) is 24.3 Å². The van der Waals surface area contributed by atoms with E-state index in [-0.39, 0.29) is 11.6 Å². The molecule has 0 aliphatic carbocycles. The SMILES string of the molecule is Nc1cc(F)ccc1NC(=O)CCSc1ccccc1Br. The number of halogens is 2. The molecule has 21 heavy (non-hydrogen) atoms. The van der Waals surface area contributed by atoms with Crippen LogP contribution in [0.2, 0.25) is 0 Å². The first kappa shape index (κ1) is 15.9. The van der Waals surface area contributed by atoms with E-state index in [0.717, 1.165) is 9.37 Å². The number of hydrogen-bond acceptors (Lipinski definition) is 3. The molecule has 2 rings (SSSR count). The number of thioether (sulfide) groups is 1. The number of rotatable bonds is 5. The van der Waals surface area contributed by atoms with E-state index in [0.29, 0.717) is 17.9 Å². The molecule has 0 spiro atoms. The number of nitrogens with one attached hydrogen (secondary N) is 1. The van der Waals surface area contributed by atoms with Crippen molar-refractivity contribution < 1.29 is 9.18 Å². The Bertz CT molecular complexity index is 651. The number of carbonyl (C=O) groups excluding carboxylic acids is 1. The zero-order valence-electron chi connectivity index (χ0n) is 11.1. The Labute approximate surface area is 135 Å². The van der Waals surface area contributed by atoms with Crippen molar-refractivity contribution >= 4 is 45.0 Å². The maximum absolute atomic E-state index is 12.9. The number of carbonyl (C=O) groups is 1. The third-order valence-electron chi connectivity index (χ3n) is 2.71. The van der Waals surface area contributed by atoms with Gasteiger partial charge in [0, 0.05) is 21.5 Å². The van der Waals surface area contributed by atoms with E-state index in [1.54, 1.807) is 11.8 Å². The Balaban J connectivity index is 1.84. The Morgan fingerprint density at radius 2 is 2.05 bits per heavy atom. The fourth-order valence-corrected chi connectivity index (χ4v) is 3.19. The minimum absolute atomic E-state index is 0.145. The van der Waals surface area contributed by atoms with Gasteiger partial charge in [0.05, 0.1) is 11.4 Å². The van der Waals surface area contributed by atoms with E-state index < -0.39 is 5.82 Å². The van der Waals surface area contributed by atoms with Crippen LogP contribution in [0.15, 0.2) is 51.8 Å². The van der Waals surface area contributed by atoms with Crippen LogP contribution in [0, 0.1) is 5.82 Å². The second kappa shape index (κ2) is 7.47. The van der Waals surface area contributed by atoms with Gasteiger partial charge in [-0.1, -0.05) is 12.1 Å². The maximum atomic E-state index is 12.9. The summed E-state index contributed by atoms with van der Waals surface area (Å²) in [4.78, 5) is 12.9. The molecule has 0 aliphatic rings. The van der Waals surface area contributed by atoms with E-state index >= 15 is 0 Å². The molecule has 0 aliphatic heterocycles. The van der Waals surface area contributed by atoms with Crippen LogP contribution in [0.3, 0.4) is 0 Å². The van der Waals surface area contributed by atoms with Crippen molar-refractivity contribution in [3.05, 3.63) is 52.8 Å². The summed E-state index contributed by atoms with van der Waals surface area (Å²) in [5, 5.41) is 2.68. The monoisotopic (exact) mass is 368 g/mol. The predicted octanol–water partition coefficient (Wildman–Crippen LogP) is 4.29. The molecule has 6 heteroatoms. The first-order valence-corrected chi connectivity index (χ1v) is 8.06. The molecule has 0 saturated carbocycles. The second-order valence-corrected chi connectivity index (χ2v) is 6.30. The summed E-state index contributed by atoms with van der Waals surface area (Å²) < 4.78 is 13.9. The average molecular weight is 369 g/mol. The van der Waals surface area contributed by atoms with Crippen LogP contribution in [0.1, 0.15) is 6.42 Å². The van der Waals surface area contributed by atoms with Gasteiger partial charge in [-0.3, -0.25) is 4.79 Å². The van der Waals surface area contributed by atoms with E-state index in [1.165, 1.54) is 18.2 Å². The number of nitrogen functional groups attached to an aromatic ring is 1. The zero-order chi connectivity index (χ0) is 15.2. The summed E-state index contributed by atoms with van der Waals surface area (Å²) in [6, 6.07) is 11.8. The molecular weight excluding hydrogens is 355 g/mol. The quantitative estimate of drug-likeness (QED) is 0.611. The normalized spacial score (nSPS) is 10.4. The molecule has 110 valence electrons. The Morgan fingerprint density at radius 3 is 2.76 bits per heavy atom. The lowest BCUT2D eigenvalue weighted by Gasteiger charge is -2.08. The van der Waals surface area contributed by atoms with E-state index in [9.17, 15) is 9.18 Å². The van der Waals surface area contributed by atoms with Crippen molar-refractivity contribution in [2.75, 3.05) is 16.8 Å². The summed E-state index contributed by atoms with van der Waals surface area (Å²) in [5.74, 6) is 0.0815. The summed E-state index contributed by atoms with van der Waals surface area (Å²) >= 11 is 5.05. The molecule has 0 bridgehead atoms. The molecule has 2 aromatic rings. The molecule has 3 N–H and O–H groups in total. The lowest BCUT2D eigenvalue weighted by Crippen LogP contribution is -2.13. The van der Waals surface area contributed by atoms with Crippen molar-refractivity contribution in [3.8, 4) is 0 Å². The van der Waals surface area contributed by atoms with Crippen LogP contribution in [0.5, 0.6) is 0 Å². The summed E-state index contributed by atoms with van der Waals surface area (Å²) in [6.07, 6.45) is 0.350. The fraction of sp³-hybridized carbons (Fsp3) is 0.133. The van der Waals surface area contributed by atoms with Gasteiger partial charge in [0.1, 0.15) is 5.82 Å². The summed E-state index contributed by atoms with van der Waals surface area (Å²) in [7, 11) is 0. The number of benzene rings is 2. The number of hydrogen-bond donors (Lipinski definition) is 2. The molecule has 0 atom stereocenters. The molecular formula is C15H14BrFN2OS. The topological polar surface area (TPSA) is 55.1 Å². The molecule has 0 aromatic heterocycles. The van der Waals surface area contributed by atoms with Crippen molar-refractivity contribution in [2.45, 2.75) is 11.3 Å². The third kappa shape index (κ3) is 4.75. The molecule has 0 saturated heterocycles. The van der Waals surface area contributed by atoms with Crippen LogP contribution >= 0.6 is 27.7 Å².